The summed E-state index contributed by atoms with van der Waals surface area (Å²) in [5.74, 6) is 0.136. The topological polar surface area (TPSA) is 100 Å². The van der Waals surface area contributed by atoms with Gasteiger partial charge >= 0.3 is 6.18 Å². The Morgan fingerprint density at radius 2 is 1.88 bits per heavy atom. The molecule has 1 atom stereocenters. The lowest BCUT2D eigenvalue weighted by Gasteiger charge is -2.16. The van der Waals surface area contributed by atoms with E-state index in [1.807, 2.05) is 6.92 Å². The summed E-state index contributed by atoms with van der Waals surface area (Å²) < 4.78 is 38.0. The van der Waals surface area contributed by atoms with Crippen LogP contribution in [0.3, 0.4) is 0 Å². The maximum absolute atomic E-state index is 12.8. The molecule has 0 aromatic carbocycles. The molecule has 0 spiro atoms. The molecular formula is C22H20F3N5O2. The number of hydrogen-bond donors (Lipinski definition) is 3. The third-order valence-electron chi connectivity index (χ3n) is 5.08. The molecule has 7 nitrogen and oxygen atoms in total. The molecule has 1 aliphatic carbocycles. The summed E-state index contributed by atoms with van der Waals surface area (Å²) in [7, 11) is 0. The number of anilines is 3. The molecule has 0 aliphatic heterocycles. The first-order valence-electron chi connectivity index (χ1n) is 9.93. The molecule has 32 heavy (non-hydrogen) atoms. The minimum absolute atomic E-state index is 0.153. The highest BCUT2D eigenvalue weighted by Crippen LogP contribution is 2.43. The number of carbonyl (C=O) groups is 1. The maximum Gasteiger partial charge on any atom is 0.417 e. The lowest BCUT2D eigenvalue weighted by molar-refractivity contribution is -0.137. The molecule has 1 unspecified atom stereocenters. The maximum atomic E-state index is 12.8. The molecule has 1 aliphatic rings. The molecule has 3 aromatic rings. The number of aliphatic hydroxyl groups is 1. The highest BCUT2D eigenvalue weighted by Gasteiger charge is 2.33. The number of rotatable bonds is 6. The number of nitrogens with one attached hydrogen (secondary N) is 2. The molecule has 1 saturated carbocycles. The largest absolute Gasteiger partial charge is 0.417 e. The number of hydrogen-bond acceptors (Lipinski definition) is 6. The minimum atomic E-state index is -4.47. The van der Waals surface area contributed by atoms with Crippen molar-refractivity contribution in [3.05, 3.63) is 71.3 Å². The van der Waals surface area contributed by atoms with Crippen LogP contribution in [0.25, 0.3) is 0 Å². The first kappa shape index (κ1) is 21.7. The average Bonchev–Trinajstić information content (AvgIpc) is 3.60. The molecule has 1 fully saturated rings. The van der Waals surface area contributed by atoms with Gasteiger partial charge in [-0.3, -0.25) is 9.78 Å². The summed E-state index contributed by atoms with van der Waals surface area (Å²) in [6, 6.07) is 6.80. The fourth-order valence-corrected chi connectivity index (χ4v) is 3.20. The zero-order chi connectivity index (χ0) is 22.9. The number of nitrogens with zero attached hydrogens (tertiary/aromatic N) is 3. The lowest BCUT2D eigenvalue weighted by Crippen LogP contribution is -2.16. The number of halogens is 3. The SMILES string of the molecule is Cc1cc(C(O)C2CC2)c(NC(=O)c2ccnc(Nc3ccc(C(F)(F)F)cn3)c2)cn1. The first-order valence-corrected chi connectivity index (χ1v) is 9.93. The Morgan fingerprint density at radius 3 is 2.53 bits per heavy atom. The van der Waals surface area contributed by atoms with E-state index < -0.39 is 23.8 Å². The van der Waals surface area contributed by atoms with E-state index in [4.69, 9.17) is 0 Å². The second-order valence-electron chi connectivity index (χ2n) is 7.63. The molecule has 166 valence electrons. The van der Waals surface area contributed by atoms with Crippen LogP contribution in [-0.4, -0.2) is 26.0 Å². The third-order valence-corrected chi connectivity index (χ3v) is 5.08. The van der Waals surface area contributed by atoms with E-state index in [9.17, 15) is 23.1 Å². The van der Waals surface area contributed by atoms with Crippen LogP contribution in [0.5, 0.6) is 0 Å². The minimum Gasteiger partial charge on any atom is -0.388 e. The zero-order valence-electron chi connectivity index (χ0n) is 17.0. The molecule has 0 bridgehead atoms. The van der Waals surface area contributed by atoms with E-state index in [0.29, 0.717) is 11.3 Å². The van der Waals surface area contributed by atoms with Gasteiger partial charge < -0.3 is 15.7 Å². The molecule has 10 heteroatoms. The Bertz CT molecular complexity index is 1130. The summed E-state index contributed by atoms with van der Waals surface area (Å²) in [5.41, 5.74) is 1.18. The zero-order valence-corrected chi connectivity index (χ0v) is 17.0. The van der Waals surface area contributed by atoms with Crippen molar-refractivity contribution in [3.8, 4) is 0 Å². The number of carbonyl (C=O) groups excluding carboxylic acids is 1. The number of alkyl halides is 3. The predicted molar refractivity (Wildman–Crippen MR) is 111 cm³/mol. The van der Waals surface area contributed by atoms with Crippen LogP contribution in [0.1, 0.15) is 46.1 Å². The number of aromatic nitrogens is 3. The standard InChI is InChI=1S/C22H20F3N5O2/c1-12-8-16(20(31)13-2-3-13)17(11-27-12)29-21(32)14-6-7-26-19(9-14)30-18-5-4-15(10-28-18)22(23,24)25/h4-11,13,20,31H,2-3H2,1H3,(H,29,32)(H,26,28,30). The van der Waals surface area contributed by atoms with Gasteiger partial charge in [0.15, 0.2) is 0 Å². The highest BCUT2D eigenvalue weighted by atomic mass is 19.4. The van der Waals surface area contributed by atoms with Crippen molar-refractivity contribution in [2.24, 2.45) is 5.92 Å². The average molecular weight is 443 g/mol. The Kier molecular flexibility index (Phi) is 5.79. The second-order valence-corrected chi connectivity index (χ2v) is 7.63. The summed E-state index contributed by atoms with van der Waals surface area (Å²) >= 11 is 0. The van der Waals surface area contributed by atoms with Gasteiger partial charge in [-0.05, 0) is 56.0 Å². The number of amides is 1. The van der Waals surface area contributed by atoms with Gasteiger partial charge in [0.25, 0.3) is 5.91 Å². The van der Waals surface area contributed by atoms with Gasteiger partial charge in [-0.1, -0.05) is 0 Å². The molecular weight excluding hydrogens is 423 g/mol. The van der Waals surface area contributed by atoms with Gasteiger partial charge in [0.2, 0.25) is 0 Å². The molecule has 4 rings (SSSR count). The fourth-order valence-electron chi connectivity index (χ4n) is 3.20. The second kappa shape index (κ2) is 8.54. The summed E-state index contributed by atoms with van der Waals surface area (Å²) in [6.07, 6.45) is 0.359. The Hall–Kier alpha value is -3.53. The molecule has 3 aromatic heterocycles. The van der Waals surface area contributed by atoms with Crippen LogP contribution < -0.4 is 10.6 Å². The number of aliphatic hydroxyl groups excluding tert-OH is 1. The van der Waals surface area contributed by atoms with Gasteiger partial charge in [0.05, 0.1) is 23.6 Å². The summed E-state index contributed by atoms with van der Waals surface area (Å²) in [5, 5.41) is 16.1. The lowest BCUT2D eigenvalue weighted by atomic mass is 10.0. The van der Waals surface area contributed by atoms with Crippen LogP contribution in [0.4, 0.5) is 30.5 Å². The van der Waals surface area contributed by atoms with Crippen molar-refractivity contribution >= 4 is 23.2 Å². The highest BCUT2D eigenvalue weighted by molar-refractivity contribution is 6.05. The molecule has 3 heterocycles. The van der Waals surface area contributed by atoms with Crippen LogP contribution in [0, 0.1) is 12.8 Å². The van der Waals surface area contributed by atoms with Crippen LogP contribution in [0.2, 0.25) is 0 Å². The van der Waals surface area contributed by atoms with Gasteiger partial charge in [0.1, 0.15) is 11.6 Å². The van der Waals surface area contributed by atoms with E-state index >= 15 is 0 Å². The van der Waals surface area contributed by atoms with Gasteiger partial charge in [-0.25, -0.2) is 9.97 Å². The molecule has 0 radical (unpaired) electrons. The van der Waals surface area contributed by atoms with Crippen molar-refractivity contribution in [1.82, 2.24) is 15.0 Å². The molecule has 1 amide bonds. The van der Waals surface area contributed by atoms with E-state index in [1.54, 1.807) is 6.07 Å². The third kappa shape index (κ3) is 5.02. The van der Waals surface area contributed by atoms with Crippen molar-refractivity contribution in [1.29, 1.82) is 0 Å². The number of aryl methyl sites for hydroxylation is 1. The molecule has 0 saturated heterocycles. The van der Waals surface area contributed by atoms with Gasteiger partial charge in [-0.2, -0.15) is 13.2 Å². The summed E-state index contributed by atoms with van der Waals surface area (Å²) in [4.78, 5) is 24.8. The van der Waals surface area contributed by atoms with Crippen LogP contribution >= 0.6 is 0 Å². The van der Waals surface area contributed by atoms with E-state index in [-0.39, 0.29) is 23.1 Å². The van der Waals surface area contributed by atoms with Crippen LogP contribution in [0.15, 0.2) is 48.9 Å². The predicted octanol–water partition coefficient (Wildman–Crippen LogP) is 4.64. The van der Waals surface area contributed by atoms with Crippen molar-refractivity contribution in [2.45, 2.75) is 32.0 Å². The molecule has 3 N–H and O–H groups in total. The monoisotopic (exact) mass is 443 g/mol. The van der Waals surface area contributed by atoms with Gasteiger partial charge in [0, 0.05) is 29.2 Å². The van der Waals surface area contributed by atoms with Crippen molar-refractivity contribution in [2.75, 3.05) is 10.6 Å². The van der Waals surface area contributed by atoms with Gasteiger partial charge in [-0.15, -0.1) is 0 Å². The Morgan fingerprint density at radius 1 is 1.09 bits per heavy atom. The van der Waals surface area contributed by atoms with E-state index in [0.717, 1.165) is 30.8 Å². The van der Waals surface area contributed by atoms with Crippen molar-refractivity contribution in [3.63, 3.8) is 0 Å². The fraction of sp³-hybridized carbons (Fsp3) is 0.273. The Labute approximate surface area is 181 Å². The van der Waals surface area contributed by atoms with E-state index in [2.05, 4.69) is 25.6 Å². The van der Waals surface area contributed by atoms with Crippen LogP contribution in [-0.2, 0) is 6.18 Å². The van der Waals surface area contributed by atoms with E-state index in [1.165, 1.54) is 30.6 Å². The normalized spacial score (nSPS) is 14.7. The Balaban J connectivity index is 1.49. The van der Waals surface area contributed by atoms with Crippen molar-refractivity contribution < 1.29 is 23.1 Å². The quantitative estimate of drug-likeness (QED) is 0.513. The summed E-state index contributed by atoms with van der Waals surface area (Å²) in [6.45, 7) is 1.81. The smallest absolute Gasteiger partial charge is 0.388 e. The number of pyridine rings is 3. The first-order chi connectivity index (χ1) is 15.2.